The van der Waals surface area contributed by atoms with Crippen LogP contribution in [0.2, 0.25) is 0 Å². The van der Waals surface area contributed by atoms with Crippen molar-refractivity contribution in [1.29, 1.82) is 0 Å². The summed E-state index contributed by atoms with van der Waals surface area (Å²) in [5.74, 6) is 0. The molecular formula is C17H33N3O. The van der Waals surface area contributed by atoms with Gasteiger partial charge < -0.3 is 10.1 Å². The molecule has 0 spiro atoms. The minimum absolute atomic E-state index is 0.0202. The Hall–Kier alpha value is -0.870. The van der Waals surface area contributed by atoms with Gasteiger partial charge in [0, 0.05) is 31.0 Å². The van der Waals surface area contributed by atoms with Crippen LogP contribution >= 0.6 is 0 Å². The zero-order valence-corrected chi connectivity index (χ0v) is 15.2. The first-order valence-corrected chi connectivity index (χ1v) is 7.84. The molecule has 4 heteroatoms. The molecule has 0 saturated carbocycles. The molecule has 0 aromatic carbocycles. The van der Waals surface area contributed by atoms with Crippen LogP contribution in [0.25, 0.3) is 0 Å². The van der Waals surface area contributed by atoms with Crippen LogP contribution in [-0.4, -0.2) is 28.5 Å². The molecule has 0 bridgehead atoms. The molecule has 122 valence electrons. The average molecular weight is 295 g/mol. The van der Waals surface area contributed by atoms with E-state index in [0.29, 0.717) is 6.04 Å². The minimum atomic E-state index is -0.100. The lowest BCUT2D eigenvalue weighted by Crippen LogP contribution is -2.37. The Bertz CT molecular complexity index is 457. The fraction of sp³-hybridized carbons (Fsp3) is 0.824. The van der Waals surface area contributed by atoms with E-state index in [0.717, 1.165) is 12.1 Å². The van der Waals surface area contributed by atoms with E-state index in [4.69, 9.17) is 4.74 Å². The van der Waals surface area contributed by atoms with Crippen molar-refractivity contribution in [1.82, 2.24) is 15.1 Å². The Balaban J connectivity index is 2.76. The smallest absolute Gasteiger partial charge is 0.0641 e. The van der Waals surface area contributed by atoms with Crippen LogP contribution in [0.5, 0.6) is 0 Å². The molecule has 0 fully saturated rings. The van der Waals surface area contributed by atoms with Crippen molar-refractivity contribution in [3.8, 4) is 0 Å². The molecule has 0 radical (unpaired) electrons. The highest BCUT2D eigenvalue weighted by atomic mass is 16.5. The first kappa shape index (κ1) is 18.2. The number of aryl methyl sites for hydroxylation is 1. The quantitative estimate of drug-likeness (QED) is 0.867. The minimum Gasteiger partial charge on any atom is -0.379 e. The summed E-state index contributed by atoms with van der Waals surface area (Å²) >= 11 is 0. The van der Waals surface area contributed by atoms with E-state index in [-0.39, 0.29) is 17.2 Å². The molecule has 0 amide bonds. The molecular weight excluding hydrogens is 262 g/mol. The maximum absolute atomic E-state index is 5.51. The number of hydrogen-bond acceptors (Lipinski definition) is 3. The molecule has 1 aromatic heterocycles. The summed E-state index contributed by atoms with van der Waals surface area (Å²) < 4.78 is 7.57. The standard InChI is InChI=1S/C17H33N3O/c1-12(10-17(7,8)21-9)18-13(2)15-11-20(16(4,5)6)19-14(15)3/h11-13,18H,10H2,1-9H3/t12-,13+/m1/s1. The van der Waals surface area contributed by atoms with Crippen LogP contribution in [0.3, 0.4) is 0 Å². The van der Waals surface area contributed by atoms with E-state index in [9.17, 15) is 0 Å². The van der Waals surface area contributed by atoms with Gasteiger partial charge in [-0.1, -0.05) is 0 Å². The summed E-state index contributed by atoms with van der Waals surface area (Å²) in [7, 11) is 1.77. The molecule has 1 rings (SSSR count). The Morgan fingerprint density at radius 1 is 1.24 bits per heavy atom. The van der Waals surface area contributed by atoms with Gasteiger partial charge in [0.2, 0.25) is 0 Å². The summed E-state index contributed by atoms with van der Waals surface area (Å²) in [5, 5.41) is 8.31. The normalized spacial score (nSPS) is 16.0. The van der Waals surface area contributed by atoms with Crippen molar-refractivity contribution in [3.63, 3.8) is 0 Å². The zero-order chi connectivity index (χ0) is 16.4. The Kier molecular flexibility index (Phi) is 5.62. The highest BCUT2D eigenvalue weighted by Crippen LogP contribution is 2.23. The van der Waals surface area contributed by atoms with Crippen molar-refractivity contribution in [2.75, 3.05) is 7.11 Å². The lowest BCUT2D eigenvalue weighted by molar-refractivity contribution is 0.00782. The molecule has 0 aliphatic rings. The van der Waals surface area contributed by atoms with Gasteiger partial charge in [0.15, 0.2) is 0 Å². The number of methoxy groups -OCH3 is 1. The number of rotatable bonds is 6. The molecule has 1 heterocycles. The van der Waals surface area contributed by atoms with Crippen molar-refractivity contribution in [2.45, 2.75) is 85.0 Å². The van der Waals surface area contributed by atoms with Gasteiger partial charge >= 0.3 is 0 Å². The second kappa shape index (κ2) is 6.49. The fourth-order valence-corrected chi connectivity index (χ4v) is 2.64. The van der Waals surface area contributed by atoms with Gasteiger partial charge in [-0.25, -0.2) is 0 Å². The van der Waals surface area contributed by atoms with Crippen LogP contribution < -0.4 is 5.32 Å². The van der Waals surface area contributed by atoms with E-state index < -0.39 is 0 Å². The summed E-state index contributed by atoms with van der Waals surface area (Å²) in [6.07, 6.45) is 3.14. The first-order chi connectivity index (χ1) is 9.46. The topological polar surface area (TPSA) is 39.1 Å². The zero-order valence-electron chi connectivity index (χ0n) is 15.2. The van der Waals surface area contributed by atoms with Crippen molar-refractivity contribution >= 4 is 0 Å². The van der Waals surface area contributed by atoms with E-state index in [1.807, 2.05) is 0 Å². The monoisotopic (exact) mass is 295 g/mol. The van der Waals surface area contributed by atoms with Gasteiger partial charge in [-0.15, -0.1) is 0 Å². The van der Waals surface area contributed by atoms with Gasteiger partial charge in [0.05, 0.1) is 16.8 Å². The van der Waals surface area contributed by atoms with Crippen molar-refractivity contribution < 1.29 is 4.74 Å². The molecule has 0 aliphatic heterocycles. The third kappa shape index (κ3) is 5.11. The van der Waals surface area contributed by atoms with Crippen LogP contribution in [0.1, 0.15) is 72.2 Å². The van der Waals surface area contributed by atoms with Crippen LogP contribution in [0.4, 0.5) is 0 Å². The van der Waals surface area contributed by atoms with E-state index >= 15 is 0 Å². The predicted octanol–water partition coefficient (Wildman–Crippen LogP) is 3.80. The largest absolute Gasteiger partial charge is 0.379 e. The number of nitrogens with zero attached hydrogens (tertiary/aromatic N) is 2. The lowest BCUT2D eigenvalue weighted by atomic mass is 9.98. The molecule has 1 N–H and O–H groups in total. The highest BCUT2D eigenvalue weighted by Gasteiger charge is 2.23. The molecule has 0 aliphatic carbocycles. The van der Waals surface area contributed by atoms with Crippen molar-refractivity contribution in [3.05, 3.63) is 17.5 Å². The van der Waals surface area contributed by atoms with Crippen LogP contribution in [0.15, 0.2) is 6.20 Å². The Morgan fingerprint density at radius 2 is 1.81 bits per heavy atom. The molecule has 0 unspecified atom stereocenters. The molecule has 1 aromatic rings. The second-order valence-electron chi connectivity index (χ2n) is 7.74. The Morgan fingerprint density at radius 3 is 2.24 bits per heavy atom. The van der Waals surface area contributed by atoms with Gasteiger partial charge in [-0.3, -0.25) is 4.68 Å². The molecule has 21 heavy (non-hydrogen) atoms. The van der Waals surface area contributed by atoms with Gasteiger partial charge in [-0.2, -0.15) is 5.10 Å². The fourth-order valence-electron chi connectivity index (χ4n) is 2.64. The second-order valence-corrected chi connectivity index (χ2v) is 7.74. The van der Waals surface area contributed by atoms with Gasteiger partial charge in [0.25, 0.3) is 0 Å². The number of hydrogen-bond donors (Lipinski definition) is 1. The lowest BCUT2D eigenvalue weighted by Gasteiger charge is -2.29. The van der Waals surface area contributed by atoms with Crippen molar-refractivity contribution in [2.24, 2.45) is 0 Å². The summed E-state index contributed by atoms with van der Waals surface area (Å²) in [4.78, 5) is 0. The Labute approximate surface area is 130 Å². The van der Waals surface area contributed by atoms with E-state index in [1.165, 1.54) is 5.56 Å². The van der Waals surface area contributed by atoms with Gasteiger partial charge in [0.1, 0.15) is 0 Å². The third-order valence-electron chi connectivity index (χ3n) is 3.98. The third-order valence-corrected chi connectivity index (χ3v) is 3.98. The van der Waals surface area contributed by atoms with Gasteiger partial charge in [-0.05, 0) is 61.8 Å². The number of aromatic nitrogens is 2. The van der Waals surface area contributed by atoms with E-state index in [1.54, 1.807) is 7.11 Å². The summed E-state index contributed by atoms with van der Waals surface area (Å²) in [6.45, 7) is 17.3. The van der Waals surface area contributed by atoms with Crippen LogP contribution in [0, 0.1) is 6.92 Å². The SMILES string of the molecule is COC(C)(C)C[C@@H](C)N[C@@H](C)c1cn(C(C)(C)C)nc1C. The highest BCUT2D eigenvalue weighted by molar-refractivity contribution is 5.20. The molecule has 0 saturated heterocycles. The number of ether oxygens (including phenoxy) is 1. The first-order valence-electron chi connectivity index (χ1n) is 7.84. The average Bonchev–Trinajstić information content (AvgIpc) is 2.70. The van der Waals surface area contributed by atoms with Crippen LogP contribution in [-0.2, 0) is 10.3 Å². The summed E-state index contributed by atoms with van der Waals surface area (Å²) in [6, 6.07) is 0.663. The molecule has 4 nitrogen and oxygen atoms in total. The number of nitrogens with one attached hydrogen (secondary N) is 1. The maximum Gasteiger partial charge on any atom is 0.0641 e. The predicted molar refractivity (Wildman–Crippen MR) is 88.7 cm³/mol. The van der Waals surface area contributed by atoms with E-state index in [2.05, 4.69) is 76.7 Å². The molecule has 2 atom stereocenters. The summed E-state index contributed by atoms with van der Waals surface area (Å²) in [5.41, 5.74) is 2.29. The maximum atomic E-state index is 5.51.